The van der Waals surface area contributed by atoms with Crippen LogP contribution in [0.15, 0.2) is 67.3 Å². The summed E-state index contributed by atoms with van der Waals surface area (Å²) in [7, 11) is 3.85. The molecular formula is C20H23N5O. The second-order valence-electron chi connectivity index (χ2n) is 6.34. The predicted octanol–water partition coefficient (Wildman–Crippen LogP) is 2.15. The molecule has 1 amide bonds. The van der Waals surface area contributed by atoms with Gasteiger partial charge in [0.25, 0.3) is 0 Å². The molecule has 0 aliphatic heterocycles. The van der Waals surface area contributed by atoms with Gasteiger partial charge in [0.05, 0.1) is 6.54 Å². The van der Waals surface area contributed by atoms with Crippen LogP contribution in [0.25, 0.3) is 0 Å². The minimum Gasteiger partial charge on any atom is -0.341 e. The zero-order chi connectivity index (χ0) is 18.4. The van der Waals surface area contributed by atoms with Gasteiger partial charge in [0.1, 0.15) is 11.9 Å². The summed E-state index contributed by atoms with van der Waals surface area (Å²) in [6.07, 6.45) is 7.18. The van der Waals surface area contributed by atoms with Gasteiger partial charge in [0, 0.05) is 38.4 Å². The molecule has 0 unspecified atom stereocenters. The standard InChI is InChI=1S/C20H23N5O/c1-24(14-16-7-6-10-21-13-16)15-18(26)23-19(17-8-4-3-5-9-17)20-22-11-12-25(20)2/h3-13,19H,14-15H2,1-2H3,(H,23,26)/t19-/m0/s1. The van der Waals surface area contributed by atoms with Crippen LogP contribution in [0, 0.1) is 0 Å². The van der Waals surface area contributed by atoms with Crippen LogP contribution in [0.2, 0.25) is 0 Å². The number of amides is 1. The van der Waals surface area contributed by atoms with E-state index in [1.807, 2.05) is 78.4 Å². The van der Waals surface area contributed by atoms with Crippen LogP contribution in [0.4, 0.5) is 0 Å². The van der Waals surface area contributed by atoms with Crippen molar-refractivity contribution >= 4 is 5.91 Å². The van der Waals surface area contributed by atoms with E-state index in [0.717, 1.165) is 17.0 Å². The molecule has 3 aromatic rings. The van der Waals surface area contributed by atoms with Crippen molar-refractivity contribution < 1.29 is 4.79 Å². The Bertz CT molecular complexity index is 832. The largest absolute Gasteiger partial charge is 0.341 e. The lowest BCUT2D eigenvalue weighted by atomic mass is 10.1. The molecule has 0 aliphatic carbocycles. The van der Waals surface area contributed by atoms with E-state index < -0.39 is 0 Å². The number of benzene rings is 1. The van der Waals surface area contributed by atoms with Gasteiger partial charge < -0.3 is 9.88 Å². The van der Waals surface area contributed by atoms with Crippen LogP contribution >= 0.6 is 0 Å². The van der Waals surface area contributed by atoms with Crippen molar-refractivity contribution in [3.8, 4) is 0 Å². The Kier molecular flexibility index (Phi) is 5.76. The van der Waals surface area contributed by atoms with Gasteiger partial charge in [-0.15, -0.1) is 0 Å². The lowest BCUT2D eigenvalue weighted by molar-refractivity contribution is -0.122. The molecule has 0 saturated carbocycles. The SMILES string of the molecule is CN(CC(=O)N[C@@H](c1ccccc1)c1nccn1C)Cc1cccnc1. The van der Waals surface area contributed by atoms with Crippen molar-refractivity contribution in [2.45, 2.75) is 12.6 Å². The Morgan fingerprint density at radius 3 is 2.65 bits per heavy atom. The molecule has 0 radical (unpaired) electrons. The first kappa shape index (κ1) is 17.8. The van der Waals surface area contributed by atoms with E-state index in [0.29, 0.717) is 13.1 Å². The van der Waals surface area contributed by atoms with Crippen LogP contribution in [-0.2, 0) is 18.4 Å². The Balaban J connectivity index is 1.69. The van der Waals surface area contributed by atoms with Crippen LogP contribution in [-0.4, -0.2) is 38.9 Å². The smallest absolute Gasteiger partial charge is 0.235 e. The first-order valence-corrected chi connectivity index (χ1v) is 8.52. The molecule has 3 rings (SSSR count). The molecule has 1 N–H and O–H groups in total. The van der Waals surface area contributed by atoms with Crippen molar-refractivity contribution in [2.75, 3.05) is 13.6 Å². The van der Waals surface area contributed by atoms with Crippen molar-refractivity contribution in [1.29, 1.82) is 0 Å². The zero-order valence-electron chi connectivity index (χ0n) is 15.0. The molecule has 0 aliphatic rings. The van der Waals surface area contributed by atoms with Crippen molar-refractivity contribution in [1.82, 2.24) is 24.8 Å². The number of aryl methyl sites for hydroxylation is 1. The Morgan fingerprint density at radius 1 is 1.19 bits per heavy atom. The highest BCUT2D eigenvalue weighted by Crippen LogP contribution is 2.20. The van der Waals surface area contributed by atoms with E-state index in [-0.39, 0.29) is 11.9 Å². The number of nitrogens with zero attached hydrogens (tertiary/aromatic N) is 4. The third-order valence-corrected chi connectivity index (χ3v) is 4.14. The summed E-state index contributed by atoms with van der Waals surface area (Å²) in [5, 5.41) is 3.11. The van der Waals surface area contributed by atoms with E-state index in [2.05, 4.69) is 15.3 Å². The molecule has 0 bridgehead atoms. The van der Waals surface area contributed by atoms with E-state index in [1.54, 1.807) is 12.4 Å². The molecule has 134 valence electrons. The van der Waals surface area contributed by atoms with Gasteiger partial charge in [0.15, 0.2) is 0 Å². The van der Waals surface area contributed by atoms with Gasteiger partial charge in [-0.05, 0) is 24.2 Å². The van der Waals surface area contributed by atoms with Gasteiger partial charge in [-0.3, -0.25) is 14.7 Å². The number of rotatable bonds is 7. The van der Waals surface area contributed by atoms with E-state index >= 15 is 0 Å². The number of carbonyl (C=O) groups excluding carboxylic acids is 1. The first-order chi connectivity index (χ1) is 12.6. The van der Waals surface area contributed by atoms with E-state index in [4.69, 9.17) is 0 Å². The summed E-state index contributed by atoms with van der Waals surface area (Å²) >= 11 is 0. The molecule has 0 saturated heterocycles. The lowest BCUT2D eigenvalue weighted by Crippen LogP contribution is -2.38. The highest BCUT2D eigenvalue weighted by molar-refractivity contribution is 5.78. The van der Waals surface area contributed by atoms with Crippen molar-refractivity contribution in [2.24, 2.45) is 7.05 Å². The summed E-state index contributed by atoms with van der Waals surface area (Å²) in [6, 6.07) is 13.5. The summed E-state index contributed by atoms with van der Waals surface area (Å²) in [6.45, 7) is 0.961. The minimum absolute atomic E-state index is 0.0479. The molecule has 2 aromatic heterocycles. The maximum absolute atomic E-state index is 12.6. The number of carbonyl (C=O) groups is 1. The topological polar surface area (TPSA) is 63.1 Å². The fourth-order valence-corrected chi connectivity index (χ4v) is 2.91. The average molecular weight is 349 g/mol. The highest BCUT2D eigenvalue weighted by Gasteiger charge is 2.21. The maximum atomic E-state index is 12.6. The third kappa shape index (κ3) is 4.55. The van der Waals surface area contributed by atoms with E-state index in [1.165, 1.54) is 0 Å². The van der Waals surface area contributed by atoms with Crippen LogP contribution in [0.1, 0.15) is 23.0 Å². The van der Waals surface area contributed by atoms with Gasteiger partial charge in [-0.2, -0.15) is 0 Å². The molecule has 1 aromatic carbocycles. The third-order valence-electron chi connectivity index (χ3n) is 4.14. The number of nitrogens with one attached hydrogen (secondary N) is 1. The molecule has 6 nitrogen and oxygen atoms in total. The highest BCUT2D eigenvalue weighted by atomic mass is 16.2. The maximum Gasteiger partial charge on any atom is 0.235 e. The molecule has 6 heteroatoms. The average Bonchev–Trinajstić information content (AvgIpc) is 3.07. The predicted molar refractivity (Wildman–Crippen MR) is 100 cm³/mol. The second-order valence-corrected chi connectivity index (χ2v) is 6.34. The summed E-state index contributed by atoms with van der Waals surface area (Å²) in [4.78, 5) is 23.1. The van der Waals surface area contributed by atoms with Gasteiger partial charge in [-0.25, -0.2) is 4.98 Å². The minimum atomic E-state index is -0.282. The zero-order valence-corrected chi connectivity index (χ0v) is 15.0. The molecular weight excluding hydrogens is 326 g/mol. The Hall–Kier alpha value is -2.99. The van der Waals surface area contributed by atoms with Crippen LogP contribution in [0.5, 0.6) is 0 Å². The van der Waals surface area contributed by atoms with Crippen molar-refractivity contribution in [3.05, 3.63) is 84.2 Å². The van der Waals surface area contributed by atoms with Crippen molar-refractivity contribution in [3.63, 3.8) is 0 Å². The Labute approximate surface area is 153 Å². The molecule has 0 fully saturated rings. The fraction of sp³-hybridized carbons (Fsp3) is 0.250. The normalized spacial score (nSPS) is 12.1. The van der Waals surface area contributed by atoms with Gasteiger partial charge in [0.2, 0.25) is 5.91 Å². The number of hydrogen-bond acceptors (Lipinski definition) is 4. The number of likely N-dealkylation sites (N-methyl/N-ethyl adjacent to an activating group) is 1. The van der Waals surface area contributed by atoms with Gasteiger partial charge >= 0.3 is 0 Å². The molecule has 2 heterocycles. The monoisotopic (exact) mass is 349 g/mol. The summed E-state index contributed by atoms with van der Waals surface area (Å²) in [5.41, 5.74) is 2.08. The summed E-state index contributed by atoms with van der Waals surface area (Å²) < 4.78 is 1.93. The second kappa shape index (κ2) is 8.40. The van der Waals surface area contributed by atoms with E-state index in [9.17, 15) is 4.79 Å². The molecule has 0 spiro atoms. The van der Waals surface area contributed by atoms with Crippen LogP contribution in [0.3, 0.4) is 0 Å². The quantitative estimate of drug-likeness (QED) is 0.710. The lowest BCUT2D eigenvalue weighted by Gasteiger charge is -2.21. The number of hydrogen-bond donors (Lipinski definition) is 1. The molecule has 1 atom stereocenters. The number of aromatic nitrogens is 3. The Morgan fingerprint density at radius 2 is 2.00 bits per heavy atom. The molecule has 26 heavy (non-hydrogen) atoms. The summed E-state index contributed by atoms with van der Waals surface area (Å²) in [5.74, 6) is 0.757. The number of pyridine rings is 1. The van der Waals surface area contributed by atoms with Crippen LogP contribution < -0.4 is 5.32 Å². The first-order valence-electron chi connectivity index (χ1n) is 8.52. The fourth-order valence-electron chi connectivity index (χ4n) is 2.91. The number of imidazole rings is 1. The van der Waals surface area contributed by atoms with Gasteiger partial charge in [-0.1, -0.05) is 36.4 Å².